The van der Waals surface area contributed by atoms with Crippen molar-refractivity contribution in [3.8, 4) is 0 Å². The number of carbonyl (C=O) groups excluding carboxylic acids is 1. The molecule has 128 valence electrons. The molecule has 2 aliphatic rings. The number of rotatable bonds is 4. The van der Waals surface area contributed by atoms with E-state index in [0.717, 1.165) is 25.7 Å². The molecule has 2 fully saturated rings. The first-order chi connectivity index (χ1) is 11.0. The second-order valence-corrected chi connectivity index (χ2v) is 8.82. The van der Waals surface area contributed by atoms with Gasteiger partial charge in [-0.1, -0.05) is 24.4 Å². The number of hydrogen-bond donors (Lipinski definition) is 2. The van der Waals surface area contributed by atoms with Crippen molar-refractivity contribution in [3.05, 3.63) is 23.0 Å². The molecular formula is C15H22ClN3O3S. The Hall–Kier alpha value is -1.05. The van der Waals surface area contributed by atoms with Gasteiger partial charge in [0.25, 0.3) is 5.91 Å². The summed E-state index contributed by atoms with van der Waals surface area (Å²) >= 11 is 5.83. The lowest BCUT2D eigenvalue weighted by molar-refractivity contribution is 0.0721. The van der Waals surface area contributed by atoms with Crippen molar-refractivity contribution in [2.45, 2.75) is 49.8 Å². The van der Waals surface area contributed by atoms with E-state index in [1.807, 2.05) is 0 Å². The molecule has 2 heterocycles. The number of piperidine rings is 1. The van der Waals surface area contributed by atoms with Crippen molar-refractivity contribution in [2.24, 2.45) is 0 Å². The van der Waals surface area contributed by atoms with Crippen LogP contribution in [-0.2, 0) is 10.0 Å². The summed E-state index contributed by atoms with van der Waals surface area (Å²) in [6.45, 7) is 0.808. The Morgan fingerprint density at radius 1 is 1.26 bits per heavy atom. The fourth-order valence-corrected chi connectivity index (χ4v) is 5.32. The smallest absolute Gasteiger partial charge is 0.270 e. The van der Waals surface area contributed by atoms with Gasteiger partial charge in [-0.15, -0.1) is 0 Å². The number of aromatic amines is 1. The minimum absolute atomic E-state index is 0.0632. The molecule has 1 atom stereocenters. The van der Waals surface area contributed by atoms with Crippen LogP contribution in [0.1, 0.15) is 49.0 Å². The molecule has 0 radical (unpaired) electrons. The van der Waals surface area contributed by atoms with E-state index in [0.29, 0.717) is 30.1 Å². The Balaban J connectivity index is 1.66. The molecular weight excluding hydrogens is 338 g/mol. The van der Waals surface area contributed by atoms with Crippen molar-refractivity contribution in [3.63, 3.8) is 0 Å². The normalized spacial score (nSPS) is 23.3. The van der Waals surface area contributed by atoms with Crippen LogP contribution in [0.2, 0.25) is 5.02 Å². The fourth-order valence-electron chi connectivity index (χ4n) is 3.41. The van der Waals surface area contributed by atoms with Crippen LogP contribution in [0, 0.1) is 0 Å². The van der Waals surface area contributed by atoms with Crippen LogP contribution in [0.25, 0.3) is 0 Å². The molecule has 0 bridgehead atoms. The van der Waals surface area contributed by atoms with E-state index in [1.165, 1.54) is 0 Å². The molecule has 1 aromatic rings. The van der Waals surface area contributed by atoms with Gasteiger partial charge in [-0.2, -0.15) is 0 Å². The van der Waals surface area contributed by atoms with Gasteiger partial charge in [0.2, 0.25) is 10.0 Å². The molecule has 1 aliphatic carbocycles. The van der Waals surface area contributed by atoms with Gasteiger partial charge in [0, 0.05) is 25.3 Å². The van der Waals surface area contributed by atoms with Crippen LogP contribution in [0.4, 0.5) is 0 Å². The summed E-state index contributed by atoms with van der Waals surface area (Å²) < 4.78 is 28.0. The molecule has 3 rings (SSSR count). The number of amides is 1. The van der Waals surface area contributed by atoms with E-state index in [2.05, 4.69) is 9.71 Å². The summed E-state index contributed by atoms with van der Waals surface area (Å²) in [5.74, 6) is -0.197. The molecule has 0 aromatic carbocycles. The molecule has 1 amide bonds. The minimum atomic E-state index is -3.39. The number of likely N-dealkylation sites (tertiary alicyclic amines) is 1. The summed E-state index contributed by atoms with van der Waals surface area (Å²) in [4.78, 5) is 16.9. The van der Waals surface area contributed by atoms with Crippen molar-refractivity contribution in [2.75, 3.05) is 13.1 Å². The Morgan fingerprint density at radius 2 is 2.00 bits per heavy atom. The van der Waals surface area contributed by atoms with Gasteiger partial charge in [0.05, 0.1) is 10.3 Å². The number of halogens is 1. The van der Waals surface area contributed by atoms with E-state index in [1.54, 1.807) is 17.2 Å². The molecule has 1 saturated carbocycles. The molecule has 1 aliphatic heterocycles. The summed E-state index contributed by atoms with van der Waals surface area (Å²) in [5, 5.41) is -0.0661. The third kappa shape index (κ3) is 3.89. The molecule has 0 spiro atoms. The first-order valence-corrected chi connectivity index (χ1v) is 10.0. The second-order valence-electron chi connectivity index (χ2n) is 6.39. The van der Waals surface area contributed by atoms with E-state index < -0.39 is 15.3 Å². The van der Waals surface area contributed by atoms with Gasteiger partial charge in [0.1, 0.15) is 5.69 Å². The summed E-state index contributed by atoms with van der Waals surface area (Å²) in [6.07, 6.45) is 6.82. The van der Waals surface area contributed by atoms with E-state index in [-0.39, 0.29) is 18.5 Å². The quantitative estimate of drug-likeness (QED) is 0.864. The number of hydrogen-bond acceptors (Lipinski definition) is 3. The average molecular weight is 360 g/mol. The zero-order valence-corrected chi connectivity index (χ0v) is 14.5. The number of H-pyrrole nitrogens is 1. The van der Waals surface area contributed by atoms with Crippen LogP contribution in [0.15, 0.2) is 12.3 Å². The average Bonchev–Trinajstić information content (AvgIpc) is 3.18. The number of sulfonamides is 1. The predicted octanol–water partition coefficient (Wildman–Crippen LogP) is 2.13. The zero-order valence-electron chi connectivity index (χ0n) is 12.9. The maximum absolute atomic E-state index is 12.6. The zero-order chi connectivity index (χ0) is 16.4. The Labute approximate surface area is 141 Å². The molecule has 2 N–H and O–H groups in total. The molecule has 1 saturated heterocycles. The highest BCUT2D eigenvalue weighted by Crippen LogP contribution is 2.23. The first kappa shape index (κ1) is 16.8. The molecule has 0 unspecified atom stereocenters. The summed E-state index contributed by atoms with van der Waals surface area (Å²) in [7, 11) is -3.39. The van der Waals surface area contributed by atoms with Crippen LogP contribution in [0.5, 0.6) is 0 Å². The second kappa shape index (κ2) is 6.83. The third-order valence-electron chi connectivity index (χ3n) is 4.67. The Bertz CT molecular complexity index is 667. The van der Waals surface area contributed by atoms with Gasteiger partial charge >= 0.3 is 0 Å². The largest absolute Gasteiger partial charge is 0.356 e. The number of aromatic nitrogens is 1. The van der Waals surface area contributed by atoms with Gasteiger partial charge in [-0.25, -0.2) is 13.1 Å². The summed E-state index contributed by atoms with van der Waals surface area (Å²) in [5.41, 5.74) is 0.400. The van der Waals surface area contributed by atoms with E-state index in [9.17, 15) is 13.2 Å². The highest BCUT2D eigenvalue weighted by molar-refractivity contribution is 7.90. The van der Waals surface area contributed by atoms with Gasteiger partial charge in [-0.05, 0) is 31.7 Å². The van der Waals surface area contributed by atoms with Crippen LogP contribution in [0.3, 0.4) is 0 Å². The van der Waals surface area contributed by atoms with Gasteiger partial charge < -0.3 is 9.88 Å². The van der Waals surface area contributed by atoms with Crippen LogP contribution >= 0.6 is 11.6 Å². The van der Waals surface area contributed by atoms with Gasteiger partial charge in [-0.3, -0.25) is 4.79 Å². The van der Waals surface area contributed by atoms with Crippen molar-refractivity contribution in [1.29, 1.82) is 0 Å². The maximum Gasteiger partial charge on any atom is 0.270 e. The third-order valence-corrected chi connectivity index (χ3v) is 6.81. The molecule has 6 nitrogen and oxygen atoms in total. The lowest BCUT2D eigenvalue weighted by atomic mass is 10.1. The fraction of sp³-hybridized carbons (Fsp3) is 0.667. The Kier molecular flexibility index (Phi) is 4.98. The lowest BCUT2D eigenvalue weighted by Gasteiger charge is -2.32. The number of nitrogens with zero attached hydrogens (tertiary/aromatic N) is 1. The maximum atomic E-state index is 12.6. The number of nitrogens with one attached hydrogen (secondary N) is 2. The monoisotopic (exact) mass is 359 g/mol. The predicted molar refractivity (Wildman–Crippen MR) is 89.0 cm³/mol. The standard InChI is InChI=1S/C15H22ClN3O3S/c16-11-8-14(17-9-11)15(20)19-7-3-6-13(10-19)23(21,22)18-12-4-1-2-5-12/h8-9,12-13,17-18H,1-7,10H2/t13-/m1/s1. The molecule has 23 heavy (non-hydrogen) atoms. The minimum Gasteiger partial charge on any atom is -0.356 e. The highest BCUT2D eigenvalue weighted by Gasteiger charge is 2.35. The SMILES string of the molecule is O=C(c1cc(Cl)c[nH]1)N1CCC[C@@H](S(=O)(=O)NC2CCCC2)C1. The van der Waals surface area contributed by atoms with Crippen LogP contribution < -0.4 is 4.72 Å². The van der Waals surface area contributed by atoms with E-state index in [4.69, 9.17) is 11.6 Å². The van der Waals surface area contributed by atoms with Gasteiger partial charge in [0.15, 0.2) is 0 Å². The van der Waals surface area contributed by atoms with Crippen molar-refractivity contribution in [1.82, 2.24) is 14.6 Å². The van der Waals surface area contributed by atoms with Crippen LogP contribution in [-0.4, -0.2) is 48.6 Å². The number of carbonyl (C=O) groups is 1. The van der Waals surface area contributed by atoms with E-state index >= 15 is 0 Å². The first-order valence-electron chi connectivity index (χ1n) is 8.10. The lowest BCUT2D eigenvalue weighted by Crippen LogP contribution is -2.50. The molecule has 8 heteroatoms. The van der Waals surface area contributed by atoms with Crippen molar-refractivity contribution >= 4 is 27.5 Å². The van der Waals surface area contributed by atoms with Crippen molar-refractivity contribution < 1.29 is 13.2 Å². The Morgan fingerprint density at radius 3 is 2.65 bits per heavy atom. The topological polar surface area (TPSA) is 82.3 Å². The highest BCUT2D eigenvalue weighted by atomic mass is 35.5. The molecule has 1 aromatic heterocycles. The summed E-state index contributed by atoms with van der Waals surface area (Å²) in [6, 6.07) is 1.63.